The molecule has 1 aliphatic heterocycles. The number of aliphatic hydroxyl groups excluding tert-OH is 1. The van der Waals surface area contributed by atoms with Gasteiger partial charge < -0.3 is 5.11 Å². The van der Waals surface area contributed by atoms with Crippen molar-refractivity contribution in [3.8, 4) is 0 Å². The number of sulfonamides is 1. The molecule has 0 radical (unpaired) electrons. The van der Waals surface area contributed by atoms with E-state index >= 15 is 0 Å². The van der Waals surface area contributed by atoms with Crippen LogP contribution < -0.4 is 0 Å². The molecule has 0 aromatic heterocycles. The molecule has 0 aliphatic carbocycles. The highest BCUT2D eigenvalue weighted by Gasteiger charge is 2.55. The minimum absolute atomic E-state index is 0.176. The third kappa shape index (κ3) is 2.48. The Morgan fingerprint density at radius 1 is 1.05 bits per heavy atom. The lowest BCUT2D eigenvalue weighted by atomic mass is 10.1. The Hall–Kier alpha value is -1.69. The van der Waals surface area contributed by atoms with E-state index < -0.39 is 10.0 Å². The molecule has 1 N–H and O–H groups in total. The first-order valence-corrected chi connectivity index (χ1v) is 8.26. The van der Waals surface area contributed by atoms with Crippen LogP contribution in [-0.2, 0) is 10.0 Å². The monoisotopic (exact) mass is 303 g/mol. The number of benzene rings is 2. The number of nitrogens with zero attached hydrogens (tertiary/aromatic N) is 1. The van der Waals surface area contributed by atoms with E-state index in [9.17, 15) is 13.5 Å². The van der Waals surface area contributed by atoms with Crippen molar-refractivity contribution in [1.29, 1.82) is 0 Å². The maximum absolute atomic E-state index is 12.7. The van der Waals surface area contributed by atoms with Crippen LogP contribution in [0, 0.1) is 6.92 Å². The molecule has 3 rings (SSSR count). The van der Waals surface area contributed by atoms with Gasteiger partial charge >= 0.3 is 0 Å². The lowest BCUT2D eigenvalue weighted by Crippen LogP contribution is -2.16. The number of aryl methyl sites for hydroxylation is 1. The quantitative estimate of drug-likeness (QED) is 0.880. The van der Waals surface area contributed by atoms with Crippen molar-refractivity contribution in [2.45, 2.75) is 23.9 Å². The normalized spacial score (nSPS) is 24.8. The number of rotatable bonds is 4. The molecule has 2 aromatic rings. The lowest BCUT2D eigenvalue weighted by molar-refractivity contribution is 0.286. The van der Waals surface area contributed by atoms with E-state index in [0.717, 1.165) is 11.1 Å². The van der Waals surface area contributed by atoms with Gasteiger partial charge in [-0.3, -0.25) is 0 Å². The van der Waals surface area contributed by atoms with Crippen LogP contribution in [0.25, 0.3) is 0 Å². The first-order chi connectivity index (χ1) is 10.1. The molecular weight excluding hydrogens is 286 g/mol. The molecule has 5 heteroatoms. The van der Waals surface area contributed by atoms with Crippen LogP contribution in [0.15, 0.2) is 59.5 Å². The molecular formula is C16H17NO3S. The second kappa shape index (κ2) is 5.26. The maximum atomic E-state index is 12.7. The fourth-order valence-electron chi connectivity index (χ4n) is 2.62. The van der Waals surface area contributed by atoms with E-state index in [4.69, 9.17) is 0 Å². The SMILES string of the molecule is Cc1ccc(S(=O)(=O)N2C(CO)C2c2ccccc2)cc1. The molecule has 4 nitrogen and oxygen atoms in total. The van der Waals surface area contributed by atoms with E-state index in [2.05, 4.69) is 0 Å². The summed E-state index contributed by atoms with van der Waals surface area (Å²) in [4.78, 5) is 0.269. The van der Waals surface area contributed by atoms with Crippen LogP contribution >= 0.6 is 0 Å². The van der Waals surface area contributed by atoms with Crippen LogP contribution in [0.3, 0.4) is 0 Å². The summed E-state index contributed by atoms with van der Waals surface area (Å²) in [5, 5.41) is 9.46. The van der Waals surface area contributed by atoms with Crippen molar-refractivity contribution in [1.82, 2.24) is 4.31 Å². The third-order valence-electron chi connectivity index (χ3n) is 3.80. The highest BCUT2D eigenvalue weighted by Crippen LogP contribution is 2.47. The molecule has 2 aromatic carbocycles. The van der Waals surface area contributed by atoms with Crippen molar-refractivity contribution in [2.24, 2.45) is 0 Å². The second-order valence-corrected chi connectivity index (χ2v) is 7.10. The van der Waals surface area contributed by atoms with Gasteiger partial charge in [0.2, 0.25) is 10.0 Å². The molecule has 110 valence electrons. The number of aliphatic hydroxyl groups is 1. The van der Waals surface area contributed by atoms with Crippen molar-refractivity contribution in [2.75, 3.05) is 6.61 Å². The smallest absolute Gasteiger partial charge is 0.244 e. The number of hydrogen-bond donors (Lipinski definition) is 1. The van der Waals surface area contributed by atoms with Gasteiger partial charge in [0.25, 0.3) is 0 Å². The van der Waals surface area contributed by atoms with Crippen LogP contribution in [0.1, 0.15) is 17.2 Å². The van der Waals surface area contributed by atoms with Gasteiger partial charge in [0.15, 0.2) is 0 Å². The van der Waals surface area contributed by atoms with E-state index in [1.807, 2.05) is 37.3 Å². The zero-order chi connectivity index (χ0) is 15.0. The Morgan fingerprint density at radius 3 is 2.24 bits per heavy atom. The first-order valence-electron chi connectivity index (χ1n) is 6.81. The van der Waals surface area contributed by atoms with Crippen LogP contribution in [0.2, 0.25) is 0 Å². The number of hydrogen-bond acceptors (Lipinski definition) is 3. The minimum atomic E-state index is -3.57. The standard InChI is InChI=1S/C16H17NO3S/c1-12-7-9-14(10-8-12)21(19,20)17-15(11-18)16(17)13-5-3-2-4-6-13/h2-10,15-16,18H,11H2,1H3. The van der Waals surface area contributed by atoms with Gasteiger partial charge in [0, 0.05) is 0 Å². The predicted molar refractivity (Wildman–Crippen MR) is 80.3 cm³/mol. The Morgan fingerprint density at radius 2 is 1.67 bits per heavy atom. The van der Waals surface area contributed by atoms with Crippen molar-refractivity contribution in [3.05, 3.63) is 65.7 Å². The van der Waals surface area contributed by atoms with Crippen molar-refractivity contribution < 1.29 is 13.5 Å². The maximum Gasteiger partial charge on any atom is 0.244 e. The zero-order valence-corrected chi connectivity index (χ0v) is 12.5. The molecule has 0 saturated carbocycles. The third-order valence-corrected chi connectivity index (χ3v) is 5.72. The highest BCUT2D eigenvalue weighted by molar-refractivity contribution is 7.89. The molecule has 3 unspecified atom stereocenters. The fourth-order valence-corrected chi connectivity index (χ4v) is 4.39. The summed E-state index contributed by atoms with van der Waals surface area (Å²) in [5.41, 5.74) is 1.92. The average molecular weight is 303 g/mol. The van der Waals surface area contributed by atoms with Gasteiger partial charge in [-0.15, -0.1) is 0 Å². The molecule has 0 bridgehead atoms. The van der Waals surface area contributed by atoms with Crippen LogP contribution in [-0.4, -0.2) is 30.5 Å². The van der Waals surface area contributed by atoms with Crippen molar-refractivity contribution >= 4 is 10.0 Å². The zero-order valence-electron chi connectivity index (χ0n) is 11.7. The van der Waals surface area contributed by atoms with Gasteiger partial charge in [-0.25, -0.2) is 8.42 Å². The highest BCUT2D eigenvalue weighted by atomic mass is 32.2. The molecule has 1 fully saturated rings. The van der Waals surface area contributed by atoms with Gasteiger partial charge in [-0.05, 0) is 24.6 Å². The van der Waals surface area contributed by atoms with Gasteiger partial charge in [-0.2, -0.15) is 4.31 Å². The topological polar surface area (TPSA) is 57.4 Å². The Kier molecular flexibility index (Phi) is 3.57. The largest absolute Gasteiger partial charge is 0.395 e. The summed E-state index contributed by atoms with van der Waals surface area (Å²) in [6.07, 6.45) is 0. The lowest BCUT2D eigenvalue weighted by Gasteiger charge is -2.07. The average Bonchev–Trinajstić information content (AvgIpc) is 3.24. The Balaban J connectivity index is 1.94. The van der Waals surface area contributed by atoms with Crippen LogP contribution in [0.4, 0.5) is 0 Å². The molecule has 3 atom stereocenters. The summed E-state index contributed by atoms with van der Waals surface area (Å²) in [6, 6.07) is 15.5. The van der Waals surface area contributed by atoms with E-state index in [1.165, 1.54) is 4.31 Å². The fraction of sp³-hybridized carbons (Fsp3) is 0.250. The molecule has 21 heavy (non-hydrogen) atoms. The first kappa shape index (κ1) is 14.3. The van der Waals surface area contributed by atoms with Gasteiger partial charge in [0.1, 0.15) is 0 Å². The van der Waals surface area contributed by atoms with Gasteiger partial charge in [0.05, 0.1) is 23.6 Å². The summed E-state index contributed by atoms with van der Waals surface area (Å²) in [7, 11) is -3.57. The molecule has 1 heterocycles. The Labute approximate surface area is 124 Å². The molecule has 0 amide bonds. The summed E-state index contributed by atoms with van der Waals surface area (Å²) >= 11 is 0. The minimum Gasteiger partial charge on any atom is -0.395 e. The Bertz CT molecular complexity index is 726. The summed E-state index contributed by atoms with van der Waals surface area (Å²) < 4.78 is 26.7. The molecule has 1 aliphatic rings. The predicted octanol–water partition coefficient (Wildman–Crippen LogP) is 2.10. The molecule has 1 saturated heterocycles. The summed E-state index contributed by atoms with van der Waals surface area (Å²) in [6.45, 7) is 1.74. The molecule has 0 spiro atoms. The summed E-state index contributed by atoms with van der Waals surface area (Å²) in [5.74, 6) is 0. The van der Waals surface area contributed by atoms with Gasteiger partial charge in [-0.1, -0.05) is 48.0 Å². The van der Waals surface area contributed by atoms with E-state index in [1.54, 1.807) is 24.3 Å². The van der Waals surface area contributed by atoms with E-state index in [-0.39, 0.29) is 23.6 Å². The second-order valence-electron chi connectivity index (χ2n) is 5.25. The van der Waals surface area contributed by atoms with Crippen molar-refractivity contribution in [3.63, 3.8) is 0 Å². The van der Waals surface area contributed by atoms with Crippen LogP contribution in [0.5, 0.6) is 0 Å². The van der Waals surface area contributed by atoms with E-state index in [0.29, 0.717) is 0 Å².